The number of aliphatic hydroxyl groups excluding tert-OH is 1. The third kappa shape index (κ3) is 6.93. The highest BCUT2D eigenvalue weighted by molar-refractivity contribution is 6.77. The first kappa shape index (κ1) is 29.2. The number of rotatable bonds is 12. The Hall–Kier alpha value is -2.39. The van der Waals surface area contributed by atoms with Crippen molar-refractivity contribution in [3.8, 4) is 5.75 Å². The molecule has 2 aromatic rings. The van der Waals surface area contributed by atoms with Crippen LogP contribution in [0.25, 0.3) is 10.4 Å². The average molecular weight is 528 g/mol. The van der Waals surface area contributed by atoms with E-state index >= 15 is 0 Å². The number of benzene rings is 2. The minimum atomic E-state index is -2.43. The number of ether oxygens (including phenoxy) is 3. The van der Waals surface area contributed by atoms with Gasteiger partial charge >= 0.3 is 0 Å². The summed E-state index contributed by atoms with van der Waals surface area (Å²) in [4.78, 5) is 2.87. The maximum absolute atomic E-state index is 11.4. The molecule has 1 N–H and O–H groups in total. The molecule has 37 heavy (non-hydrogen) atoms. The SMILES string of the molecule is CC(C)[Si](O[C@H]1[C@H](Oc2ccccc2)O[C@H](CN=[N+]=[N-])[C@@H](O)[C@@H]1OCc1ccccc1)(C(C)C)C(C)C. The second kappa shape index (κ2) is 13.4. The van der Waals surface area contributed by atoms with Crippen LogP contribution in [0.15, 0.2) is 65.8 Å². The van der Waals surface area contributed by atoms with Gasteiger partial charge in [0.2, 0.25) is 14.6 Å². The molecule has 1 saturated heterocycles. The maximum Gasteiger partial charge on any atom is 0.228 e. The second-order valence-electron chi connectivity index (χ2n) is 10.5. The van der Waals surface area contributed by atoms with Crippen LogP contribution in [-0.4, -0.2) is 50.7 Å². The molecule has 0 radical (unpaired) electrons. The monoisotopic (exact) mass is 527 g/mol. The van der Waals surface area contributed by atoms with Gasteiger partial charge in [0, 0.05) is 4.91 Å². The molecule has 3 rings (SSSR count). The standard InChI is InChI=1S/C28H41N3O5Si/c1-19(2)37(20(3)4,21(5)6)36-27-26(33-18-22-13-9-7-10-14-22)25(32)24(17-30-31-29)35-28(27)34-23-15-11-8-12-16-23/h7-16,19-21,24-28,32H,17-18H2,1-6H3/t24-,25-,26+,27-,28-/m1/s1. The number of para-hydroxylation sites is 1. The first-order valence-corrected chi connectivity index (χ1v) is 15.2. The summed E-state index contributed by atoms with van der Waals surface area (Å²) in [5.41, 5.74) is 10.8. The fourth-order valence-electron chi connectivity index (χ4n) is 5.61. The van der Waals surface area contributed by atoms with Crippen molar-refractivity contribution >= 4 is 8.32 Å². The topological polar surface area (TPSA) is 106 Å². The van der Waals surface area contributed by atoms with Gasteiger partial charge in [-0.25, -0.2) is 0 Å². The molecule has 0 spiro atoms. The van der Waals surface area contributed by atoms with E-state index in [4.69, 9.17) is 24.2 Å². The van der Waals surface area contributed by atoms with E-state index in [9.17, 15) is 5.11 Å². The van der Waals surface area contributed by atoms with Crippen LogP contribution in [0.1, 0.15) is 47.1 Å². The van der Waals surface area contributed by atoms with Gasteiger partial charge in [0.25, 0.3) is 0 Å². The molecule has 8 nitrogen and oxygen atoms in total. The van der Waals surface area contributed by atoms with Gasteiger partial charge in [-0.05, 0) is 39.9 Å². The van der Waals surface area contributed by atoms with E-state index in [-0.39, 0.29) is 13.2 Å². The summed E-state index contributed by atoms with van der Waals surface area (Å²) in [5.74, 6) is 0.618. The highest BCUT2D eigenvalue weighted by atomic mass is 28.4. The minimum absolute atomic E-state index is 0.0503. The molecular weight excluding hydrogens is 486 g/mol. The Labute approximate surface area is 221 Å². The molecule has 1 fully saturated rings. The van der Waals surface area contributed by atoms with Gasteiger partial charge in [0.15, 0.2) is 0 Å². The van der Waals surface area contributed by atoms with Crippen molar-refractivity contribution in [2.75, 3.05) is 6.54 Å². The maximum atomic E-state index is 11.4. The Morgan fingerprint density at radius 3 is 2.03 bits per heavy atom. The molecular formula is C28H41N3O5Si. The van der Waals surface area contributed by atoms with Gasteiger partial charge in [-0.2, -0.15) is 0 Å². The molecule has 0 amide bonds. The first-order valence-electron chi connectivity index (χ1n) is 13.1. The minimum Gasteiger partial charge on any atom is -0.462 e. The Kier molecular flexibility index (Phi) is 10.6. The van der Waals surface area contributed by atoms with Crippen LogP contribution in [-0.2, 0) is 20.5 Å². The van der Waals surface area contributed by atoms with E-state index in [1.165, 1.54) is 0 Å². The third-order valence-corrected chi connectivity index (χ3v) is 13.4. The zero-order chi connectivity index (χ0) is 27.0. The van der Waals surface area contributed by atoms with Crippen LogP contribution in [0.4, 0.5) is 0 Å². The van der Waals surface area contributed by atoms with Crippen LogP contribution in [0.3, 0.4) is 0 Å². The van der Waals surface area contributed by atoms with Gasteiger partial charge in [-0.15, -0.1) is 0 Å². The fourth-order valence-corrected chi connectivity index (χ4v) is 11.1. The summed E-state index contributed by atoms with van der Waals surface area (Å²) in [7, 11) is -2.43. The van der Waals surface area contributed by atoms with Crippen molar-refractivity contribution in [1.29, 1.82) is 0 Å². The summed E-state index contributed by atoms with van der Waals surface area (Å²) in [6.45, 7) is 13.5. The Balaban J connectivity index is 2.04. The lowest BCUT2D eigenvalue weighted by atomic mass is 9.98. The molecule has 1 aliphatic rings. The molecule has 2 aromatic carbocycles. The van der Waals surface area contributed by atoms with Gasteiger partial charge in [-0.1, -0.05) is 95.2 Å². The number of hydrogen-bond donors (Lipinski definition) is 1. The van der Waals surface area contributed by atoms with Gasteiger partial charge in [0.05, 0.1) is 19.3 Å². The normalized spacial score (nSPS) is 24.3. The summed E-state index contributed by atoms with van der Waals surface area (Å²) in [6.07, 6.45) is -4.20. The fraction of sp³-hybridized carbons (Fsp3) is 0.571. The van der Waals surface area contributed by atoms with Crippen molar-refractivity contribution in [2.24, 2.45) is 5.11 Å². The highest BCUT2D eigenvalue weighted by Gasteiger charge is 2.54. The van der Waals surface area contributed by atoms with Crippen LogP contribution in [0, 0.1) is 0 Å². The van der Waals surface area contributed by atoms with E-state index in [1.54, 1.807) is 0 Å². The average Bonchev–Trinajstić information content (AvgIpc) is 2.87. The predicted molar refractivity (Wildman–Crippen MR) is 147 cm³/mol. The van der Waals surface area contributed by atoms with Crippen molar-refractivity contribution in [3.05, 3.63) is 76.7 Å². The van der Waals surface area contributed by atoms with Crippen LogP contribution in [0.5, 0.6) is 5.75 Å². The van der Waals surface area contributed by atoms with E-state index in [0.29, 0.717) is 22.4 Å². The third-order valence-electron chi connectivity index (χ3n) is 7.27. The molecule has 0 saturated carbocycles. The molecule has 1 heterocycles. The lowest BCUT2D eigenvalue weighted by molar-refractivity contribution is -0.277. The number of azide groups is 1. The summed E-state index contributed by atoms with van der Waals surface area (Å²) >= 11 is 0. The van der Waals surface area contributed by atoms with E-state index in [0.717, 1.165) is 5.56 Å². The largest absolute Gasteiger partial charge is 0.462 e. The molecule has 0 aromatic heterocycles. The first-order chi connectivity index (χ1) is 17.7. The zero-order valence-electron chi connectivity index (χ0n) is 22.7. The van der Waals surface area contributed by atoms with Gasteiger partial charge < -0.3 is 23.7 Å². The lowest BCUT2D eigenvalue weighted by Gasteiger charge is -2.50. The highest BCUT2D eigenvalue weighted by Crippen LogP contribution is 2.45. The van der Waals surface area contributed by atoms with Gasteiger partial charge in [0.1, 0.15) is 24.1 Å². The Morgan fingerprint density at radius 2 is 1.49 bits per heavy atom. The van der Waals surface area contributed by atoms with E-state index in [2.05, 4.69) is 51.6 Å². The zero-order valence-corrected chi connectivity index (χ0v) is 23.7. The van der Waals surface area contributed by atoms with E-state index in [1.807, 2.05) is 60.7 Å². The van der Waals surface area contributed by atoms with Crippen molar-refractivity contribution in [2.45, 2.75) is 95.5 Å². The quantitative estimate of drug-likeness (QED) is 0.145. The Bertz CT molecular complexity index is 980. The number of aliphatic hydroxyl groups is 1. The number of nitrogens with zero attached hydrogens (tertiary/aromatic N) is 3. The molecule has 5 atom stereocenters. The molecule has 0 unspecified atom stereocenters. The predicted octanol–water partition coefficient (Wildman–Crippen LogP) is 6.61. The van der Waals surface area contributed by atoms with Gasteiger partial charge in [-0.3, -0.25) is 0 Å². The van der Waals surface area contributed by atoms with Crippen molar-refractivity contribution in [3.63, 3.8) is 0 Å². The molecule has 0 bridgehead atoms. The summed E-state index contributed by atoms with van der Waals surface area (Å²) in [5, 5.41) is 15.1. The molecule has 9 heteroatoms. The molecule has 0 aliphatic carbocycles. The number of hydrogen-bond acceptors (Lipinski definition) is 6. The molecule has 1 aliphatic heterocycles. The van der Waals surface area contributed by atoms with Crippen molar-refractivity contribution < 1.29 is 23.7 Å². The summed E-state index contributed by atoms with van der Waals surface area (Å²) in [6, 6.07) is 19.2. The smallest absolute Gasteiger partial charge is 0.228 e. The van der Waals surface area contributed by atoms with Crippen LogP contribution >= 0.6 is 0 Å². The van der Waals surface area contributed by atoms with Crippen LogP contribution < -0.4 is 4.74 Å². The molecule has 202 valence electrons. The summed E-state index contributed by atoms with van der Waals surface area (Å²) < 4.78 is 26.2. The lowest BCUT2D eigenvalue weighted by Crippen LogP contribution is -2.65. The van der Waals surface area contributed by atoms with Crippen LogP contribution in [0.2, 0.25) is 16.6 Å². The Morgan fingerprint density at radius 1 is 0.919 bits per heavy atom. The van der Waals surface area contributed by atoms with Crippen molar-refractivity contribution in [1.82, 2.24) is 0 Å². The second-order valence-corrected chi connectivity index (χ2v) is 15.9. The van der Waals surface area contributed by atoms with E-state index < -0.39 is 39.0 Å².